The molecule has 0 aromatic carbocycles. The Bertz CT molecular complexity index is 194. The maximum Gasteiger partial charge on any atom is 0.318 e. The molecule has 0 radical (unpaired) electrons. The number of primary amides is 1. The highest BCUT2D eigenvalue weighted by atomic mass is 16.2. The third-order valence-corrected chi connectivity index (χ3v) is 1.94. The van der Waals surface area contributed by atoms with Crippen LogP contribution in [0.3, 0.4) is 0 Å². The summed E-state index contributed by atoms with van der Waals surface area (Å²) < 4.78 is 0. The minimum absolute atomic E-state index is 0.153. The van der Waals surface area contributed by atoms with Crippen LogP contribution in [0.4, 0.5) is 4.79 Å². The van der Waals surface area contributed by atoms with Crippen LogP contribution in [0.25, 0.3) is 0 Å². The SMILES string of the molecule is CC(C(=O)NC(N)=O)C(C)(C)C. The van der Waals surface area contributed by atoms with E-state index in [2.05, 4.69) is 0 Å². The Balaban J connectivity index is 4.21. The minimum Gasteiger partial charge on any atom is -0.351 e. The van der Waals surface area contributed by atoms with Gasteiger partial charge in [0.2, 0.25) is 5.91 Å². The summed E-state index contributed by atoms with van der Waals surface area (Å²) in [5, 5.41) is 2.05. The molecule has 70 valence electrons. The topological polar surface area (TPSA) is 72.2 Å². The number of urea groups is 1. The molecule has 4 heteroatoms. The van der Waals surface area contributed by atoms with Gasteiger partial charge in [-0.1, -0.05) is 27.7 Å². The van der Waals surface area contributed by atoms with Gasteiger partial charge in [-0.05, 0) is 5.41 Å². The molecule has 0 fully saturated rings. The molecular formula is C8H16N2O2. The van der Waals surface area contributed by atoms with Crippen LogP contribution in [0, 0.1) is 11.3 Å². The fraction of sp³-hybridized carbons (Fsp3) is 0.750. The smallest absolute Gasteiger partial charge is 0.318 e. The second-order valence-electron chi connectivity index (χ2n) is 3.94. The number of nitrogens with two attached hydrogens (primary N) is 1. The number of hydrogen-bond donors (Lipinski definition) is 2. The lowest BCUT2D eigenvalue weighted by Gasteiger charge is -2.25. The number of imide groups is 1. The average Bonchev–Trinajstić information content (AvgIpc) is 1.82. The van der Waals surface area contributed by atoms with E-state index in [-0.39, 0.29) is 17.2 Å². The highest BCUT2D eigenvalue weighted by Gasteiger charge is 2.27. The minimum atomic E-state index is -0.795. The molecule has 1 unspecified atom stereocenters. The van der Waals surface area contributed by atoms with Crippen LogP contribution in [0.15, 0.2) is 0 Å². The van der Waals surface area contributed by atoms with Crippen molar-refractivity contribution in [3.05, 3.63) is 0 Å². The second kappa shape index (κ2) is 3.56. The predicted octanol–water partition coefficient (Wildman–Crippen LogP) is 0.864. The van der Waals surface area contributed by atoms with Gasteiger partial charge in [0.1, 0.15) is 0 Å². The number of carbonyl (C=O) groups is 2. The molecule has 0 heterocycles. The Morgan fingerprint density at radius 3 is 2.00 bits per heavy atom. The molecule has 0 rings (SSSR count). The molecule has 0 saturated heterocycles. The summed E-state index contributed by atoms with van der Waals surface area (Å²) >= 11 is 0. The third kappa shape index (κ3) is 3.37. The second-order valence-corrected chi connectivity index (χ2v) is 3.94. The molecule has 0 aliphatic heterocycles. The first-order valence-corrected chi connectivity index (χ1v) is 3.85. The van der Waals surface area contributed by atoms with Gasteiger partial charge in [-0.2, -0.15) is 0 Å². The van der Waals surface area contributed by atoms with Gasteiger partial charge in [-0.15, -0.1) is 0 Å². The van der Waals surface area contributed by atoms with Crippen LogP contribution in [0.2, 0.25) is 0 Å². The summed E-state index contributed by atoms with van der Waals surface area (Å²) in [6, 6.07) is -0.795. The largest absolute Gasteiger partial charge is 0.351 e. The lowest BCUT2D eigenvalue weighted by atomic mass is 9.81. The number of carbonyl (C=O) groups excluding carboxylic acids is 2. The maximum atomic E-state index is 11.2. The summed E-state index contributed by atoms with van der Waals surface area (Å²) in [5.74, 6) is -0.556. The molecule has 12 heavy (non-hydrogen) atoms. The Hall–Kier alpha value is -1.06. The highest BCUT2D eigenvalue weighted by molar-refractivity contribution is 5.94. The van der Waals surface area contributed by atoms with Gasteiger partial charge in [-0.3, -0.25) is 10.1 Å². The number of hydrogen-bond acceptors (Lipinski definition) is 2. The van der Waals surface area contributed by atoms with Gasteiger partial charge in [-0.25, -0.2) is 4.79 Å². The number of nitrogens with one attached hydrogen (secondary N) is 1. The Morgan fingerprint density at radius 2 is 1.75 bits per heavy atom. The summed E-state index contributed by atoms with van der Waals surface area (Å²) in [6.45, 7) is 7.55. The molecule has 4 nitrogen and oxygen atoms in total. The first kappa shape index (κ1) is 10.9. The van der Waals surface area contributed by atoms with Crippen molar-refractivity contribution < 1.29 is 9.59 Å². The number of rotatable bonds is 1. The van der Waals surface area contributed by atoms with E-state index in [0.717, 1.165) is 0 Å². The normalized spacial score (nSPS) is 13.7. The van der Waals surface area contributed by atoms with Gasteiger partial charge >= 0.3 is 6.03 Å². The van der Waals surface area contributed by atoms with E-state index in [1.54, 1.807) is 6.92 Å². The van der Waals surface area contributed by atoms with E-state index in [9.17, 15) is 9.59 Å². The number of amides is 3. The lowest BCUT2D eigenvalue weighted by Crippen LogP contribution is -2.42. The third-order valence-electron chi connectivity index (χ3n) is 1.94. The summed E-state index contributed by atoms with van der Waals surface area (Å²) in [4.78, 5) is 21.5. The van der Waals surface area contributed by atoms with Crippen LogP contribution < -0.4 is 11.1 Å². The van der Waals surface area contributed by atoms with Crippen molar-refractivity contribution in [2.45, 2.75) is 27.7 Å². The lowest BCUT2D eigenvalue weighted by molar-refractivity contribution is -0.126. The quantitative estimate of drug-likeness (QED) is 0.615. The standard InChI is InChI=1S/C8H16N2O2/c1-5(8(2,3)4)6(11)10-7(9)12/h5H,1-4H3,(H3,9,10,11,12). The Labute approximate surface area is 72.5 Å². The molecule has 0 spiro atoms. The van der Waals surface area contributed by atoms with Crippen molar-refractivity contribution in [2.24, 2.45) is 17.1 Å². The Morgan fingerprint density at radius 1 is 1.33 bits per heavy atom. The summed E-state index contributed by atoms with van der Waals surface area (Å²) in [6.07, 6.45) is 0. The monoisotopic (exact) mass is 172 g/mol. The van der Waals surface area contributed by atoms with Gasteiger partial charge in [0.25, 0.3) is 0 Å². The van der Waals surface area contributed by atoms with Crippen molar-refractivity contribution in [1.29, 1.82) is 0 Å². The molecule has 0 saturated carbocycles. The molecular weight excluding hydrogens is 156 g/mol. The van der Waals surface area contributed by atoms with E-state index in [1.165, 1.54) is 0 Å². The van der Waals surface area contributed by atoms with Crippen LogP contribution >= 0.6 is 0 Å². The summed E-state index contributed by atoms with van der Waals surface area (Å²) in [7, 11) is 0. The van der Waals surface area contributed by atoms with Crippen LogP contribution in [-0.2, 0) is 4.79 Å². The fourth-order valence-electron chi connectivity index (χ4n) is 0.623. The van der Waals surface area contributed by atoms with Crippen LogP contribution in [0.1, 0.15) is 27.7 Å². The van der Waals surface area contributed by atoms with E-state index in [4.69, 9.17) is 5.73 Å². The Kier molecular flexibility index (Phi) is 3.24. The maximum absolute atomic E-state index is 11.2. The van der Waals surface area contributed by atoms with Gasteiger partial charge in [0.05, 0.1) is 0 Å². The van der Waals surface area contributed by atoms with E-state index in [0.29, 0.717) is 0 Å². The molecule has 1 atom stereocenters. The zero-order valence-corrected chi connectivity index (χ0v) is 7.97. The van der Waals surface area contributed by atoms with E-state index >= 15 is 0 Å². The highest BCUT2D eigenvalue weighted by Crippen LogP contribution is 2.24. The first-order valence-electron chi connectivity index (χ1n) is 3.85. The molecule has 3 amide bonds. The van der Waals surface area contributed by atoms with Crippen molar-refractivity contribution in [2.75, 3.05) is 0 Å². The fourth-order valence-corrected chi connectivity index (χ4v) is 0.623. The van der Waals surface area contributed by atoms with Gasteiger partial charge < -0.3 is 5.73 Å². The van der Waals surface area contributed by atoms with Gasteiger partial charge in [0.15, 0.2) is 0 Å². The molecule has 0 aliphatic rings. The average molecular weight is 172 g/mol. The van der Waals surface area contributed by atoms with Crippen molar-refractivity contribution in [3.8, 4) is 0 Å². The van der Waals surface area contributed by atoms with E-state index in [1.807, 2.05) is 26.1 Å². The van der Waals surface area contributed by atoms with Crippen molar-refractivity contribution >= 4 is 11.9 Å². The molecule has 0 bridgehead atoms. The zero-order chi connectivity index (χ0) is 9.94. The van der Waals surface area contributed by atoms with Crippen LogP contribution in [0.5, 0.6) is 0 Å². The van der Waals surface area contributed by atoms with Crippen LogP contribution in [-0.4, -0.2) is 11.9 Å². The van der Waals surface area contributed by atoms with Gasteiger partial charge in [0, 0.05) is 5.92 Å². The zero-order valence-electron chi connectivity index (χ0n) is 7.97. The molecule has 3 N–H and O–H groups in total. The summed E-state index contributed by atoms with van der Waals surface area (Å²) in [5.41, 5.74) is 4.65. The molecule has 0 aliphatic carbocycles. The molecule has 0 aromatic rings. The predicted molar refractivity (Wildman–Crippen MR) is 46.3 cm³/mol. The molecule has 0 aromatic heterocycles. The van der Waals surface area contributed by atoms with E-state index < -0.39 is 6.03 Å². The van der Waals surface area contributed by atoms with Crippen molar-refractivity contribution in [1.82, 2.24) is 5.32 Å². The van der Waals surface area contributed by atoms with Crippen molar-refractivity contribution in [3.63, 3.8) is 0 Å². The first-order chi connectivity index (χ1) is 5.25.